The van der Waals surface area contributed by atoms with E-state index in [0.29, 0.717) is 85.2 Å². The molecule has 0 saturated heterocycles. The van der Waals surface area contributed by atoms with Crippen LogP contribution < -0.4 is 0 Å². The Labute approximate surface area is 159 Å². The average Bonchev–Trinajstić information content (AvgIpc) is 2.62. The largest absolute Gasteiger partial charge is 0.480 e. The van der Waals surface area contributed by atoms with Crippen molar-refractivity contribution >= 4 is 17.6 Å². The third-order valence-electron chi connectivity index (χ3n) is 2.68. The predicted octanol–water partition coefficient (Wildman–Crippen LogP) is 0.426. The van der Waals surface area contributed by atoms with Gasteiger partial charge in [0.1, 0.15) is 6.61 Å². The Balaban J connectivity index is 2.98. The van der Waals surface area contributed by atoms with E-state index in [4.69, 9.17) is 49.9 Å². The molecule has 0 spiro atoms. The monoisotopic (exact) mass is 402 g/mol. The Kier molecular flexibility index (Phi) is 22.1. The molecule has 26 heavy (non-hydrogen) atoms. The van der Waals surface area contributed by atoms with Crippen LogP contribution in [0.25, 0.3) is 0 Å². The summed E-state index contributed by atoms with van der Waals surface area (Å²) in [6, 6.07) is 0. The van der Waals surface area contributed by atoms with Crippen LogP contribution in [0.3, 0.4) is 0 Å². The molecule has 0 aliphatic heterocycles. The van der Waals surface area contributed by atoms with Crippen LogP contribution in [0.4, 0.5) is 0 Å². The number of halogens is 1. The Hall–Kier alpha value is -0.520. The van der Waals surface area contributed by atoms with E-state index < -0.39 is 5.97 Å². The number of carbonyl (C=O) groups is 1. The molecule has 0 heterocycles. The fraction of sp³-hybridized carbons (Fsp3) is 0.938. The van der Waals surface area contributed by atoms with E-state index in [1.54, 1.807) is 0 Å². The van der Waals surface area contributed by atoms with Gasteiger partial charge in [0.15, 0.2) is 0 Å². The molecule has 0 radical (unpaired) electrons. The minimum Gasteiger partial charge on any atom is -0.480 e. The van der Waals surface area contributed by atoms with E-state index in [2.05, 4.69) is 0 Å². The second-order valence-electron chi connectivity index (χ2n) is 4.81. The lowest BCUT2D eigenvalue weighted by atomic mass is 10.6. The number of alkyl halides is 1. The quantitative estimate of drug-likeness (QED) is 0.204. The summed E-state index contributed by atoms with van der Waals surface area (Å²) in [5.74, 6) is -0.496. The summed E-state index contributed by atoms with van der Waals surface area (Å²) in [6.45, 7) is 5.79. The minimum absolute atomic E-state index is 0.252. The molecule has 10 heteroatoms. The van der Waals surface area contributed by atoms with Crippen LogP contribution in [0.15, 0.2) is 0 Å². The second kappa shape index (κ2) is 22.5. The summed E-state index contributed by atoms with van der Waals surface area (Å²) in [4.78, 5) is 10.2. The lowest BCUT2D eigenvalue weighted by Gasteiger charge is -2.08. The van der Waals surface area contributed by atoms with Gasteiger partial charge in [-0.05, 0) is 0 Å². The maximum atomic E-state index is 10.2. The van der Waals surface area contributed by atoms with Gasteiger partial charge in [-0.3, -0.25) is 0 Å². The highest BCUT2D eigenvalue weighted by Gasteiger charge is 1.96. The molecule has 0 bridgehead atoms. The van der Waals surface area contributed by atoms with Gasteiger partial charge in [-0.15, -0.1) is 11.6 Å². The zero-order valence-electron chi connectivity index (χ0n) is 15.2. The predicted molar refractivity (Wildman–Crippen MR) is 94.1 cm³/mol. The van der Waals surface area contributed by atoms with E-state index >= 15 is 0 Å². The van der Waals surface area contributed by atoms with E-state index in [1.165, 1.54) is 0 Å². The number of ether oxygens (including phenoxy) is 7. The van der Waals surface area contributed by atoms with Gasteiger partial charge in [-0.1, -0.05) is 0 Å². The summed E-state index contributed by atoms with van der Waals surface area (Å²) >= 11 is 5.47. The van der Waals surface area contributed by atoms with Gasteiger partial charge in [-0.2, -0.15) is 0 Å². The van der Waals surface area contributed by atoms with Gasteiger partial charge >= 0.3 is 5.97 Å². The molecule has 1 N–H and O–H groups in total. The van der Waals surface area contributed by atoms with Crippen molar-refractivity contribution in [2.75, 3.05) is 98.4 Å². The van der Waals surface area contributed by atoms with Crippen LogP contribution >= 0.6 is 11.6 Å². The van der Waals surface area contributed by atoms with Crippen LogP contribution in [0, 0.1) is 0 Å². The first-order valence-electron chi connectivity index (χ1n) is 8.59. The van der Waals surface area contributed by atoms with Crippen molar-refractivity contribution in [2.45, 2.75) is 0 Å². The smallest absolute Gasteiger partial charge is 0.329 e. The molecular weight excluding hydrogens is 372 g/mol. The van der Waals surface area contributed by atoms with Crippen molar-refractivity contribution in [1.29, 1.82) is 0 Å². The molecular formula is C16H31ClO9. The number of hydrogen-bond donors (Lipinski definition) is 1. The van der Waals surface area contributed by atoms with Crippen molar-refractivity contribution in [2.24, 2.45) is 0 Å². The Morgan fingerprint density at radius 3 is 1.08 bits per heavy atom. The first-order valence-corrected chi connectivity index (χ1v) is 9.12. The molecule has 0 aliphatic rings. The SMILES string of the molecule is O=C(O)COCCOCCOCCOCCOCCOCCOCCCl. The first-order chi connectivity index (χ1) is 12.8. The molecule has 0 aromatic carbocycles. The molecule has 9 nitrogen and oxygen atoms in total. The van der Waals surface area contributed by atoms with Crippen molar-refractivity contribution in [3.63, 3.8) is 0 Å². The second-order valence-corrected chi connectivity index (χ2v) is 5.19. The molecule has 0 aliphatic carbocycles. The Morgan fingerprint density at radius 1 is 0.538 bits per heavy atom. The summed E-state index contributed by atoms with van der Waals surface area (Å²) in [5.41, 5.74) is 0. The fourth-order valence-electron chi connectivity index (χ4n) is 1.53. The van der Waals surface area contributed by atoms with Crippen molar-refractivity contribution < 1.29 is 43.1 Å². The van der Waals surface area contributed by atoms with Crippen molar-refractivity contribution in [3.8, 4) is 0 Å². The van der Waals surface area contributed by atoms with Crippen LogP contribution in [0.1, 0.15) is 0 Å². The highest BCUT2D eigenvalue weighted by atomic mass is 35.5. The molecule has 0 unspecified atom stereocenters. The van der Waals surface area contributed by atoms with Crippen molar-refractivity contribution in [3.05, 3.63) is 0 Å². The molecule has 0 atom stereocenters. The first kappa shape index (κ1) is 25.5. The lowest BCUT2D eigenvalue weighted by molar-refractivity contribution is -0.142. The van der Waals surface area contributed by atoms with E-state index in [-0.39, 0.29) is 13.2 Å². The van der Waals surface area contributed by atoms with Crippen LogP contribution in [-0.4, -0.2) is 109 Å². The molecule has 0 aromatic rings. The number of carboxylic acids is 1. The lowest BCUT2D eigenvalue weighted by Crippen LogP contribution is -2.15. The van der Waals surface area contributed by atoms with Crippen molar-refractivity contribution in [1.82, 2.24) is 0 Å². The number of rotatable bonds is 22. The van der Waals surface area contributed by atoms with E-state index in [0.717, 1.165) is 0 Å². The molecule has 0 fully saturated rings. The standard InChI is InChI=1S/C16H31ClO9/c17-1-2-20-3-4-21-5-6-22-7-8-23-9-10-24-11-12-25-13-14-26-15-16(18)19/h1-15H2,(H,18,19). The number of aliphatic carboxylic acids is 1. The molecule has 0 rings (SSSR count). The zero-order valence-corrected chi connectivity index (χ0v) is 16.0. The number of carboxylic acid groups (broad SMARTS) is 1. The average molecular weight is 403 g/mol. The summed E-state index contributed by atoms with van der Waals surface area (Å²) < 4.78 is 36.5. The van der Waals surface area contributed by atoms with Gasteiger partial charge in [0.25, 0.3) is 0 Å². The Morgan fingerprint density at radius 2 is 0.808 bits per heavy atom. The molecule has 0 saturated carbocycles. The third kappa shape index (κ3) is 23.5. The van der Waals surface area contributed by atoms with Crippen LogP contribution in [0.5, 0.6) is 0 Å². The third-order valence-corrected chi connectivity index (χ3v) is 2.83. The maximum Gasteiger partial charge on any atom is 0.329 e. The Bertz CT molecular complexity index is 295. The molecule has 0 aromatic heterocycles. The summed E-state index contributed by atoms with van der Waals surface area (Å²) in [5, 5.41) is 8.35. The minimum atomic E-state index is -0.990. The van der Waals surface area contributed by atoms with Crippen LogP contribution in [-0.2, 0) is 38.0 Å². The van der Waals surface area contributed by atoms with Gasteiger partial charge in [-0.25, -0.2) is 4.79 Å². The van der Waals surface area contributed by atoms with Gasteiger partial charge < -0.3 is 38.3 Å². The highest BCUT2D eigenvalue weighted by Crippen LogP contribution is 1.85. The molecule has 156 valence electrons. The highest BCUT2D eigenvalue weighted by molar-refractivity contribution is 6.17. The van der Waals surface area contributed by atoms with Gasteiger partial charge in [0, 0.05) is 5.88 Å². The molecule has 0 amide bonds. The normalized spacial score (nSPS) is 11.1. The zero-order chi connectivity index (χ0) is 19.1. The van der Waals surface area contributed by atoms with Gasteiger partial charge in [0.2, 0.25) is 0 Å². The van der Waals surface area contributed by atoms with Gasteiger partial charge in [0.05, 0.1) is 85.9 Å². The fourth-order valence-corrected chi connectivity index (χ4v) is 1.64. The topological polar surface area (TPSA) is 102 Å². The summed E-state index contributed by atoms with van der Waals surface area (Å²) in [7, 11) is 0. The summed E-state index contributed by atoms with van der Waals surface area (Å²) in [6.07, 6.45) is 0. The van der Waals surface area contributed by atoms with E-state index in [9.17, 15) is 4.79 Å². The maximum absolute atomic E-state index is 10.2. The van der Waals surface area contributed by atoms with E-state index in [1.807, 2.05) is 0 Å². The van der Waals surface area contributed by atoms with Crippen LogP contribution in [0.2, 0.25) is 0 Å². The number of hydrogen-bond acceptors (Lipinski definition) is 8.